The highest BCUT2D eigenvalue weighted by atomic mass is 32.2. The number of rotatable bonds is 5. The molecule has 0 bridgehead atoms. The Hall–Kier alpha value is -2.02. The largest absolute Gasteiger partial charge is 0.255 e. The molecule has 0 saturated carbocycles. The van der Waals surface area contributed by atoms with E-state index < -0.39 is 10.0 Å². The van der Waals surface area contributed by atoms with E-state index in [0.717, 1.165) is 27.3 Å². The van der Waals surface area contributed by atoms with Crippen LogP contribution in [0.2, 0.25) is 0 Å². The van der Waals surface area contributed by atoms with E-state index in [0.29, 0.717) is 4.90 Å². The van der Waals surface area contributed by atoms with E-state index >= 15 is 0 Å². The molecule has 6 heteroatoms. The molecule has 0 aliphatic carbocycles. The Balaban J connectivity index is 1.79. The lowest BCUT2D eigenvalue weighted by molar-refractivity contribution is 0.580. The summed E-state index contributed by atoms with van der Waals surface area (Å²) in [6, 6.07) is 13.0. The van der Waals surface area contributed by atoms with Crippen LogP contribution in [0.15, 0.2) is 58.9 Å². The maximum Gasteiger partial charge on any atom is 0.241 e. The molecule has 4 nitrogen and oxygen atoms in total. The molecule has 3 aromatic rings. The quantitative estimate of drug-likeness (QED) is 0.752. The first-order valence-corrected chi connectivity index (χ1v) is 9.88. The number of hydrogen-bond donors (Lipinski definition) is 1. The second-order valence-electron chi connectivity index (χ2n) is 5.62. The average molecular weight is 358 g/mol. The topological polar surface area (TPSA) is 59.1 Å². The predicted octanol–water partition coefficient (Wildman–Crippen LogP) is 3.91. The van der Waals surface area contributed by atoms with Gasteiger partial charge in [-0.1, -0.05) is 23.8 Å². The third kappa shape index (κ3) is 3.72. The second-order valence-corrected chi connectivity index (χ2v) is 8.30. The predicted molar refractivity (Wildman–Crippen MR) is 97.5 cm³/mol. The maximum atomic E-state index is 12.5. The number of aromatic nitrogens is 1. The van der Waals surface area contributed by atoms with Gasteiger partial charge in [0.15, 0.2) is 0 Å². The lowest BCUT2D eigenvalue weighted by Crippen LogP contribution is -2.24. The lowest BCUT2D eigenvalue weighted by atomic mass is 10.2. The fourth-order valence-corrected chi connectivity index (χ4v) is 4.44. The van der Waals surface area contributed by atoms with E-state index in [1.807, 2.05) is 55.6 Å². The molecule has 24 heavy (non-hydrogen) atoms. The van der Waals surface area contributed by atoms with Gasteiger partial charge in [0.25, 0.3) is 0 Å². The van der Waals surface area contributed by atoms with Gasteiger partial charge in [-0.15, -0.1) is 11.3 Å². The first-order valence-electron chi connectivity index (χ1n) is 7.51. The van der Waals surface area contributed by atoms with Gasteiger partial charge in [-0.2, -0.15) is 0 Å². The Morgan fingerprint density at radius 2 is 1.96 bits per heavy atom. The van der Waals surface area contributed by atoms with E-state index in [-0.39, 0.29) is 6.54 Å². The van der Waals surface area contributed by atoms with Crippen LogP contribution in [0, 0.1) is 13.8 Å². The molecule has 1 N–H and O–H groups in total. The van der Waals surface area contributed by atoms with E-state index in [9.17, 15) is 8.42 Å². The van der Waals surface area contributed by atoms with Crippen LogP contribution < -0.4 is 4.72 Å². The van der Waals surface area contributed by atoms with Crippen molar-refractivity contribution >= 4 is 21.4 Å². The Kier molecular flexibility index (Phi) is 4.80. The minimum Gasteiger partial charge on any atom is -0.255 e. The molecule has 3 rings (SSSR count). The van der Waals surface area contributed by atoms with Crippen LogP contribution in [0.25, 0.3) is 10.6 Å². The summed E-state index contributed by atoms with van der Waals surface area (Å²) >= 11 is 1.61. The van der Waals surface area contributed by atoms with Gasteiger partial charge in [0.1, 0.15) is 0 Å². The van der Waals surface area contributed by atoms with Gasteiger partial charge in [-0.3, -0.25) is 4.98 Å². The van der Waals surface area contributed by atoms with Crippen molar-refractivity contribution < 1.29 is 8.42 Å². The van der Waals surface area contributed by atoms with Crippen molar-refractivity contribution in [2.45, 2.75) is 25.3 Å². The number of nitrogens with one attached hydrogen (secondary N) is 1. The van der Waals surface area contributed by atoms with E-state index in [2.05, 4.69) is 9.71 Å². The number of pyridine rings is 1. The highest BCUT2D eigenvalue weighted by molar-refractivity contribution is 7.89. The molecule has 0 atom stereocenters. The van der Waals surface area contributed by atoms with Gasteiger partial charge in [0, 0.05) is 12.7 Å². The monoisotopic (exact) mass is 358 g/mol. The number of nitrogens with zero attached hydrogens (tertiary/aromatic N) is 1. The molecule has 1 aromatic carbocycles. The van der Waals surface area contributed by atoms with E-state index in [4.69, 9.17) is 0 Å². The van der Waals surface area contributed by atoms with Gasteiger partial charge < -0.3 is 0 Å². The summed E-state index contributed by atoms with van der Waals surface area (Å²) < 4.78 is 27.7. The first kappa shape index (κ1) is 16.8. The fraction of sp³-hybridized carbons (Fsp3) is 0.167. The molecule has 0 aliphatic rings. The summed E-state index contributed by atoms with van der Waals surface area (Å²) in [5.74, 6) is 0. The van der Waals surface area contributed by atoms with Gasteiger partial charge in [-0.05, 0) is 54.6 Å². The zero-order valence-corrected chi connectivity index (χ0v) is 15.1. The SMILES string of the molecule is Cc1ccc(S(=O)(=O)NCc2ccnc(-c3cccs3)c2)c(C)c1. The van der Waals surface area contributed by atoms with Crippen LogP contribution in [0.4, 0.5) is 0 Å². The van der Waals surface area contributed by atoms with Crippen molar-refractivity contribution in [3.63, 3.8) is 0 Å². The molecule has 0 aliphatic heterocycles. The fourth-order valence-electron chi connectivity index (χ4n) is 2.50. The van der Waals surface area contributed by atoms with Crippen molar-refractivity contribution in [1.29, 1.82) is 0 Å². The summed E-state index contributed by atoms with van der Waals surface area (Å²) in [5, 5.41) is 1.99. The van der Waals surface area contributed by atoms with Crippen molar-refractivity contribution in [1.82, 2.24) is 9.71 Å². The van der Waals surface area contributed by atoms with Crippen LogP contribution in [-0.2, 0) is 16.6 Å². The number of sulfonamides is 1. The van der Waals surface area contributed by atoms with Crippen LogP contribution in [0.3, 0.4) is 0 Å². The van der Waals surface area contributed by atoms with Crippen LogP contribution in [-0.4, -0.2) is 13.4 Å². The molecule has 0 saturated heterocycles. The van der Waals surface area contributed by atoms with Crippen molar-refractivity contribution in [2.24, 2.45) is 0 Å². The molecule has 0 fully saturated rings. The molecular formula is C18H18N2O2S2. The van der Waals surface area contributed by atoms with Gasteiger partial charge in [-0.25, -0.2) is 13.1 Å². The lowest BCUT2D eigenvalue weighted by Gasteiger charge is -2.10. The maximum absolute atomic E-state index is 12.5. The van der Waals surface area contributed by atoms with Crippen molar-refractivity contribution in [3.8, 4) is 10.6 Å². The minimum absolute atomic E-state index is 0.233. The third-order valence-electron chi connectivity index (χ3n) is 3.68. The Morgan fingerprint density at radius 1 is 1.12 bits per heavy atom. The van der Waals surface area contributed by atoms with Gasteiger partial charge >= 0.3 is 0 Å². The van der Waals surface area contributed by atoms with Crippen molar-refractivity contribution in [2.75, 3.05) is 0 Å². The van der Waals surface area contributed by atoms with Crippen LogP contribution in [0.5, 0.6) is 0 Å². The van der Waals surface area contributed by atoms with Crippen LogP contribution >= 0.6 is 11.3 Å². The minimum atomic E-state index is -3.54. The molecule has 0 unspecified atom stereocenters. The summed E-state index contributed by atoms with van der Waals surface area (Å²) in [6.45, 7) is 3.99. The van der Waals surface area contributed by atoms with Crippen molar-refractivity contribution in [3.05, 3.63) is 70.7 Å². The first-order chi connectivity index (χ1) is 11.5. The second kappa shape index (κ2) is 6.84. The Morgan fingerprint density at radius 3 is 2.67 bits per heavy atom. The molecule has 124 valence electrons. The smallest absolute Gasteiger partial charge is 0.241 e. The Labute approximate surface area is 146 Å². The zero-order chi connectivity index (χ0) is 17.2. The van der Waals surface area contributed by atoms with Crippen LogP contribution in [0.1, 0.15) is 16.7 Å². The standard InChI is InChI=1S/C18H18N2O2S2/c1-13-5-6-18(14(2)10-13)24(21,22)20-12-15-7-8-19-16(11-15)17-4-3-9-23-17/h3-11,20H,12H2,1-2H3. The molecule has 2 aromatic heterocycles. The summed E-state index contributed by atoms with van der Waals surface area (Å²) in [5.41, 5.74) is 3.52. The molecule has 0 spiro atoms. The Bertz CT molecular complexity index is 949. The molecular weight excluding hydrogens is 340 g/mol. The number of hydrogen-bond acceptors (Lipinski definition) is 4. The zero-order valence-electron chi connectivity index (χ0n) is 13.5. The average Bonchev–Trinajstić information content (AvgIpc) is 3.07. The molecule has 0 radical (unpaired) electrons. The van der Waals surface area contributed by atoms with Gasteiger partial charge in [0.2, 0.25) is 10.0 Å². The number of thiophene rings is 1. The molecule has 2 heterocycles. The number of benzene rings is 1. The van der Waals surface area contributed by atoms with E-state index in [1.54, 1.807) is 23.6 Å². The number of aryl methyl sites for hydroxylation is 2. The summed E-state index contributed by atoms with van der Waals surface area (Å²) in [6.07, 6.45) is 1.70. The molecule has 0 amide bonds. The highest BCUT2D eigenvalue weighted by Crippen LogP contribution is 2.23. The van der Waals surface area contributed by atoms with Gasteiger partial charge in [0.05, 0.1) is 15.5 Å². The van der Waals surface area contributed by atoms with E-state index in [1.165, 1.54) is 0 Å². The summed E-state index contributed by atoms with van der Waals surface area (Å²) in [4.78, 5) is 5.73. The highest BCUT2D eigenvalue weighted by Gasteiger charge is 2.16. The normalized spacial score (nSPS) is 11.6. The summed E-state index contributed by atoms with van der Waals surface area (Å²) in [7, 11) is -3.54. The third-order valence-corrected chi connectivity index (χ3v) is 6.14.